The highest BCUT2D eigenvalue weighted by Gasteiger charge is 2.26. The second kappa shape index (κ2) is 9.71. The minimum Gasteiger partial charge on any atom is -0.274 e. The maximum atomic E-state index is 10.4. The van der Waals surface area contributed by atoms with Gasteiger partial charge in [0.05, 0.1) is 16.1 Å². The largest absolute Gasteiger partial charge is 0.274 e. The van der Waals surface area contributed by atoms with Gasteiger partial charge in [-0.3, -0.25) is 9.59 Å². The molecule has 0 atom stereocenters. The van der Waals surface area contributed by atoms with Crippen LogP contribution >= 0.6 is 16.1 Å². The van der Waals surface area contributed by atoms with Gasteiger partial charge in [0, 0.05) is 12.8 Å². The van der Waals surface area contributed by atoms with Crippen molar-refractivity contribution in [3.05, 3.63) is 0 Å². The second-order valence-electron chi connectivity index (χ2n) is 2.28. The van der Waals surface area contributed by atoms with E-state index >= 15 is 0 Å². The minimum atomic E-state index is -0.144. The molecule has 1 saturated heterocycles. The molecule has 1 heterocycles. The standard InChI is InChI=1S/C4H4BrNO2.C3H8.C2H6/c5-6-3(7)1-2-4(6)8;1-3-2;1-2/h1-2H2;3H2,1-2H3;1-2H3. The normalized spacial score (nSPS) is 14.4. The highest BCUT2D eigenvalue weighted by Crippen LogP contribution is 2.14. The quantitative estimate of drug-likeness (QED) is 0.491. The lowest BCUT2D eigenvalue weighted by Gasteiger charge is -1.97. The fraction of sp³-hybridized carbons (Fsp3) is 0.778. The first kappa shape index (κ1) is 15.1. The summed E-state index contributed by atoms with van der Waals surface area (Å²) in [6.07, 6.45) is 1.95. The van der Waals surface area contributed by atoms with Gasteiger partial charge in [0.2, 0.25) is 11.8 Å². The summed E-state index contributed by atoms with van der Waals surface area (Å²) in [7, 11) is 0. The van der Waals surface area contributed by atoms with Crippen molar-refractivity contribution in [1.82, 2.24) is 3.93 Å². The Morgan fingerprint density at radius 1 is 1.15 bits per heavy atom. The Morgan fingerprint density at radius 3 is 1.46 bits per heavy atom. The lowest BCUT2D eigenvalue weighted by molar-refractivity contribution is -0.131. The monoisotopic (exact) mass is 251 g/mol. The molecule has 0 saturated carbocycles. The van der Waals surface area contributed by atoms with Crippen molar-refractivity contribution in [2.75, 3.05) is 0 Å². The zero-order valence-electron chi connectivity index (χ0n) is 8.76. The van der Waals surface area contributed by atoms with Crippen molar-refractivity contribution in [2.45, 2.75) is 47.0 Å². The number of carbonyl (C=O) groups excluding carboxylic acids is 2. The molecule has 3 nitrogen and oxygen atoms in total. The van der Waals surface area contributed by atoms with E-state index in [1.165, 1.54) is 6.42 Å². The van der Waals surface area contributed by atoms with Gasteiger partial charge in [-0.1, -0.05) is 34.1 Å². The third-order valence-corrected chi connectivity index (χ3v) is 1.78. The molecule has 1 fully saturated rings. The van der Waals surface area contributed by atoms with Crippen molar-refractivity contribution < 1.29 is 9.59 Å². The van der Waals surface area contributed by atoms with Crippen LogP contribution in [0.25, 0.3) is 0 Å². The summed E-state index contributed by atoms with van der Waals surface area (Å²) >= 11 is 2.80. The fourth-order valence-electron chi connectivity index (χ4n) is 0.549. The molecule has 0 unspecified atom stereocenters. The number of hydrogen-bond acceptors (Lipinski definition) is 2. The van der Waals surface area contributed by atoms with Gasteiger partial charge in [-0.05, 0) is 0 Å². The highest BCUT2D eigenvalue weighted by atomic mass is 79.9. The SMILES string of the molecule is CC.CCC.O=C1CCC(=O)N1Br. The Kier molecular flexibility index (Phi) is 11.3. The molecule has 13 heavy (non-hydrogen) atoms. The lowest BCUT2D eigenvalue weighted by Crippen LogP contribution is -2.16. The molecule has 0 bridgehead atoms. The van der Waals surface area contributed by atoms with E-state index in [4.69, 9.17) is 0 Å². The maximum absolute atomic E-state index is 10.4. The van der Waals surface area contributed by atoms with Gasteiger partial charge in [0.1, 0.15) is 0 Å². The number of carbonyl (C=O) groups is 2. The third kappa shape index (κ3) is 6.75. The van der Waals surface area contributed by atoms with Gasteiger partial charge >= 0.3 is 0 Å². The van der Waals surface area contributed by atoms with Crippen molar-refractivity contribution in [2.24, 2.45) is 0 Å². The van der Waals surface area contributed by atoms with Crippen LogP contribution < -0.4 is 0 Å². The molecular formula is C9H18BrNO2. The molecule has 1 rings (SSSR count). The van der Waals surface area contributed by atoms with Crippen molar-refractivity contribution >= 4 is 28.0 Å². The molecule has 1 aliphatic heterocycles. The Labute approximate surface area is 88.8 Å². The zero-order valence-corrected chi connectivity index (χ0v) is 10.3. The zero-order chi connectivity index (χ0) is 10.9. The molecule has 0 aromatic carbocycles. The van der Waals surface area contributed by atoms with E-state index in [1.54, 1.807) is 0 Å². The molecule has 4 heteroatoms. The first-order valence-electron chi connectivity index (χ1n) is 4.65. The summed E-state index contributed by atoms with van der Waals surface area (Å²) in [5.74, 6) is -0.287. The van der Waals surface area contributed by atoms with Crippen LogP contribution in [0.5, 0.6) is 0 Å². The van der Waals surface area contributed by atoms with E-state index in [0.717, 1.165) is 3.93 Å². The van der Waals surface area contributed by atoms with Crippen molar-refractivity contribution in [1.29, 1.82) is 0 Å². The smallest absolute Gasteiger partial charge is 0.239 e. The van der Waals surface area contributed by atoms with E-state index in [2.05, 4.69) is 30.0 Å². The molecule has 78 valence electrons. The molecule has 2 amide bonds. The molecule has 0 radical (unpaired) electrons. The number of hydrogen-bond donors (Lipinski definition) is 0. The van der Waals surface area contributed by atoms with Gasteiger partial charge in [0.25, 0.3) is 0 Å². The van der Waals surface area contributed by atoms with Gasteiger partial charge in [0.15, 0.2) is 0 Å². The van der Waals surface area contributed by atoms with Crippen LogP contribution in [-0.4, -0.2) is 15.7 Å². The summed E-state index contributed by atoms with van der Waals surface area (Å²) in [5.41, 5.74) is 0. The van der Waals surface area contributed by atoms with Crippen molar-refractivity contribution in [3.8, 4) is 0 Å². The van der Waals surface area contributed by atoms with Crippen LogP contribution in [0.15, 0.2) is 0 Å². The minimum absolute atomic E-state index is 0.144. The van der Waals surface area contributed by atoms with Gasteiger partial charge in [-0.25, -0.2) is 3.93 Å². The van der Waals surface area contributed by atoms with Crippen LogP contribution in [0.4, 0.5) is 0 Å². The lowest BCUT2D eigenvalue weighted by atomic mass is 10.4. The predicted molar refractivity (Wildman–Crippen MR) is 57.3 cm³/mol. The molecule has 0 spiro atoms. The van der Waals surface area contributed by atoms with Gasteiger partial charge in [-0.15, -0.1) is 0 Å². The van der Waals surface area contributed by atoms with Crippen LogP contribution in [0.1, 0.15) is 47.0 Å². The Balaban J connectivity index is 0. The van der Waals surface area contributed by atoms with E-state index < -0.39 is 0 Å². The maximum Gasteiger partial charge on any atom is 0.239 e. The number of halogens is 1. The van der Waals surface area contributed by atoms with Crippen molar-refractivity contribution in [3.63, 3.8) is 0 Å². The third-order valence-electron chi connectivity index (χ3n) is 0.991. The summed E-state index contributed by atoms with van der Waals surface area (Å²) < 4.78 is 0.979. The van der Waals surface area contributed by atoms with E-state index in [0.29, 0.717) is 12.8 Å². The second-order valence-corrected chi connectivity index (χ2v) is 2.98. The van der Waals surface area contributed by atoms with Crippen LogP contribution in [0.2, 0.25) is 0 Å². The van der Waals surface area contributed by atoms with E-state index in [1.807, 2.05) is 13.8 Å². The molecule has 0 aromatic rings. The van der Waals surface area contributed by atoms with E-state index in [-0.39, 0.29) is 11.8 Å². The summed E-state index contributed by atoms with van der Waals surface area (Å²) in [5, 5.41) is 0. The molecular weight excluding hydrogens is 234 g/mol. The topological polar surface area (TPSA) is 37.4 Å². The molecule has 0 aliphatic carbocycles. The molecule has 0 aromatic heterocycles. The Morgan fingerprint density at radius 2 is 1.38 bits per heavy atom. The Hall–Kier alpha value is -0.380. The first-order valence-corrected chi connectivity index (χ1v) is 5.36. The number of rotatable bonds is 0. The molecule has 1 aliphatic rings. The summed E-state index contributed by atoms with van der Waals surface area (Å²) in [4.78, 5) is 20.9. The molecule has 0 N–H and O–H groups in total. The van der Waals surface area contributed by atoms with Crippen LogP contribution in [0.3, 0.4) is 0 Å². The van der Waals surface area contributed by atoms with Crippen LogP contribution in [-0.2, 0) is 9.59 Å². The number of imide groups is 1. The first-order chi connectivity index (χ1) is 6.13. The van der Waals surface area contributed by atoms with Gasteiger partial charge in [-0.2, -0.15) is 0 Å². The number of amides is 2. The fourth-order valence-corrected chi connectivity index (χ4v) is 0.904. The average Bonchev–Trinajstić information content (AvgIpc) is 2.42. The highest BCUT2D eigenvalue weighted by molar-refractivity contribution is 9.08. The van der Waals surface area contributed by atoms with E-state index in [9.17, 15) is 9.59 Å². The summed E-state index contributed by atoms with van der Waals surface area (Å²) in [6, 6.07) is 0. The summed E-state index contributed by atoms with van der Waals surface area (Å²) in [6.45, 7) is 8.25. The predicted octanol–water partition coefficient (Wildman–Crippen LogP) is 2.89. The van der Waals surface area contributed by atoms with Gasteiger partial charge < -0.3 is 0 Å². The number of nitrogens with zero attached hydrogens (tertiary/aromatic N) is 1. The average molecular weight is 252 g/mol. The van der Waals surface area contributed by atoms with Crippen LogP contribution in [0, 0.1) is 0 Å². The Bertz CT molecular complexity index is 144.